The molecule has 0 amide bonds. The van der Waals surface area contributed by atoms with Crippen LogP contribution < -0.4 is 9.47 Å². The van der Waals surface area contributed by atoms with Crippen LogP contribution in [0, 0.1) is 0 Å². The van der Waals surface area contributed by atoms with Gasteiger partial charge < -0.3 is 18.9 Å². The van der Waals surface area contributed by atoms with Gasteiger partial charge in [0, 0.05) is 6.42 Å². The summed E-state index contributed by atoms with van der Waals surface area (Å²) >= 11 is 0. The number of halogens is 7. The summed E-state index contributed by atoms with van der Waals surface area (Å²) in [5.74, 6) is -12.1. The van der Waals surface area contributed by atoms with Gasteiger partial charge in [-0.05, 0) is 79.4 Å². The molecule has 0 aliphatic heterocycles. The molecule has 3 aromatic rings. The molecule has 0 aromatic heterocycles. The molecule has 0 heterocycles. The minimum Gasteiger partial charge on any atom is -0.494 e. The van der Waals surface area contributed by atoms with Crippen LogP contribution in [0.5, 0.6) is 11.5 Å². The lowest BCUT2D eigenvalue weighted by Crippen LogP contribution is -2.54. The Bertz CT molecular complexity index is 1440. The van der Waals surface area contributed by atoms with Crippen LogP contribution in [0.3, 0.4) is 0 Å². The molecule has 0 radical (unpaired) electrons. The lowest BCUT2D eigenvalue weighted by molar-refractivity contribution is -0.361. The lowest BCUT2D eigenvalue weighted by Gasteiger charge is -2.27. The first kappa shape index (κ1) is 38.3. The number of carbonyl (C=O) groups excluding carboxylic acids is 2. The lowest BCUT2D eigenvalue weighted by atomic mass is 10.0. The van der Waals surface area contributed by atoms with E-state index in [1.54, 1.807) is 48.5 Å². The second-order valence-electron chi connectivity index (χ2n) is 11.1. The summed E-state index contributed by atoms with van der Waals surface area (Å²) in [5.41, 5.74) is 2.33. The van der Waals surface area contributed by atoms with Gasteiger partial charge in [0.2, 0.25) is 0 Å². The van der Waals surface area contributed by atoms with Crippen LogP contribution in [-0.2, 0) is 9.47 Å². The summed E-state index contributed by atoms with van der Waals surface area (Å²) in [5, 5.41) is 0. The van der Waals surface area contributed by atoms with Crippen molar-refractivity contribution >= 4 is 11.9 Å². The average Bonchev–Trinajstić information content (AvgIpc) is 3.04. The average molecular weight is 687 g/mol. The number of unbranched alkanes of at least 4 members (excludes halogenated alkanes) is 3. The normalized spacial score (nSPS) is 12.8. The van der Waals surface area contributed by atoms with E-state index in [0.717, 1.165) is 36.8 Å². The van der Waals surface area contributed by atoms with Crippen LogP contribution >= 0.6 is 0 Å². The summed E-state index contributed by atoms with van der Waals surface area (Å²) < 4.78 is 109. The van der Waals surface area contributed by atoms with Gasteiger partial charge in [0.25, 0.3) is 0 Å². The summed E-state index contributed by atoms with van der Waals surface area (Å²) in [7, 11) is 0. The molecule has 3 rings (SSSR count). The highest BCUT2D eigenvalue weighted by molar-refractivity contribution is 5.91. The van der Waals surface area contributed by atoms with Crippen LogP contribution in [0.4, 0.5) is 30.7 Å². The van der Waals surface area contributed by atoms with E-state index in [1.165, 1.54) is 30.7 Å². The second-order valence-corrected chi connectivity index (χ2v) is 11.1. The standard InChI is InChI=1S/C35H37F7O6/c1-3-4-5-6-8-24(2)47-31(43)27-11-9-25(10-12-27)26-13-19-30(20-14-26)48-32(44)28-15-17-29(18-16-28)46-22-7-21-45-23-33(36,37)34(38,39)35(40,41)42/h9-20,24H,3-8,21-23H2,1-2H3/t24-/m0/s1. The molecular formula is C35H37F7O6. The van der Waals surface area contributed by atoms with Crippen LogP contribution in [0.25, 0.3) is 11.1 Å². The number of rotatable bonds is 18. The highest BCUT2D eigenvalue weighted by Crippen LogP contribution is 2.46. The highest BCUT2D eigenvalue weighted by Gasteiger charge is 2.72. The molecule has 0 aliphatic rings. The summed E-state index contributed by atoms with van der Waals surface area (Å²) in [6.45, 7) is 1.26. The number of benzene rings is 3. The van der Waals surface area contributed by atoms with Crippen molar-refractivity contribution in [1.82, 2.24) is 0 Å². The Morgan fingerprint density at radius 3 is 1.79 bits per heavy atom. The number of alkyl halides is 7. The van der Waals surface area contributed by atoms with Gasteiger partial charge in [0.1, 0.15) is 18.1 Å². The van der Waals surface area contributed by atoms with E-state index in [9.17, 15) is 40.3 Å². The van der Waals surface area contributed by atoms with E-state index in [-0.39, 0.29) is 42.2 Å². The minimum atomic E-state index is -6.41. The Morgan fingerprint density at radius 1 is 0.667 bits per heavy atom. The topological polar surface area (TPSA) is 71.1 Å². The first-order valence-corrected chi connectivity index (χ1v) is 15.4. The van der Waals surface area contributed by atoms with Gasteiger partial charge in [0.05, 0.1) is 30.4 Å². The van der Waals surface area contributed by atoms with Gasteiger partial charge in [-0.1, -0.05) is 50.5 Å². The third-order valence-electron chi connectivity index (χ3n) is 7.18. The van der Waals surface area contributed by atoms with Gasteiger partial charge in [-0.3, -0.25) is 0 Å². The van der Waals surface area contributed by atoms with E-state index < -0.39 is 37.2 Å². The molecule has 0 aliphatic carbocycles. The van der Waals surface area contributed by atoms with Crippen LogP contribution in [0.15, 0.2) is 72.8 Å². The Hall–Kier alpha value is -4.13. The molecule has 0 bridgehead atoms. The van der Waals surface area contributed by atoms with E-state index in [2.05, 4.69) is 11.7 Å². The number of carbonyl (C=O) groups is 2. The highest BCUT2D eigenvalue weighted by atomic mass is 19.4. The van der Waals surface area contributed by atoms with Gasteiger partial charge in [-0.2, -0.15) is 30.7 Å². The van der Waals surface area contributed by atoms with Crippen LogP contribution in [0.1, 0.15) is 73.1 Å². The smallest absolute Gasteiger partial charge is 0.459 e. The third-order valence-corrected chi connectivity index (χ3v) is 7.18. The summed E-state index contributed by atoms with van der Waals surface area (Å²) in [6.07, 6.45) is -1.38. The molecule has 13 heteroatoms. The van der Waals surface area contributed by atoms with Crippen molar-refractivity contribution in [3.05, 3.63) is 83.9 Å². The first-order valence-electron chi connectivity index (χ1n) is 15.4. The van der Waals surface area contributed by atoms with Crippen molar-refractivity contribution in [3.8, 4) is 22.6 Å². The molecule has 6 nitrogen and oxygen atoms in total. The maximum atomic E-state index is 13.2. The summed E-state index contributed by atoms with van der Waals surface area (Å²) in [6, 6.07) is 19.5. The predicted molar refractivity (Wildman–Crippen MR) is 164 cm³/mol. The molecule has 1 atom stereocenters. The number of ether oxygens (including phenoxy) is 4. The Balaban J connectivity index is 1.41. The third kappa shape index (κ3) is 11.0. The van der Waals surface area contributed by atoms with E-state index in [0.29, 0.717) is 5.56 Å². The number of hydrogen-bond donors (Lipinski definition) is 0. The fourth-order valence-corrected chi connectivity index (χ4v) is 4.39. The molecule has 0 N–H and O–H groups in total. The van der Waals surface area contributed by atoms with Crippen molar-refractivity contribution in [3.63, 3.8) is 0 Å². The van der Waals surface area contributed by atoms with Gasteiger partial charge >= 0.3 is 30.0 Å². The Kier molecular flexibility index (Phi) is 13.8. The molecule has 0 unspecified atom stereocenters. The van der Waals surface area contributed by atoms with E-state index in [1.807, 2.05) is 6.92 Å². The molecule has 0 fully saturated rings. The number of esters is 2. The van der Waals surface area contributed by atoms with Crippen molar-refractivity contribution in [2.24, 2.45) is 0 Å². The molecule has 0 saturated carbocycles. The summed E-state index contributed by atoms with van der Waals surface area (Å²) in [4.78, 5) is 25.1. The van der Waals surface area contributed by atoms with Gasteiger partial charge in [-0.15, -0.1) is 0 Å². The zero-order valence-electron chi connectivity index (χ0n) is 26.5. The molecular weight excluding hydrogens is 649 g/mol. The SMILES string of the molecule is CCCCCC[C@H](C)OC(=O)c1ccc(-c2ccc(OC(=O)c3ccc(OCCCOCC(F)(F)C(F)(F)C(F)(F)F)cc3)cc2)cc1. The zero-order chi connectivity index (χ0) is 35.4. The predicted octanol–water partition coefficient (Wildman–Crippen LogP) is 9.71. The Labute approximate surface area is 274 Å². The van der Waals surface area contributed by atoms with Crippen molar-refractivity contribution in [1.29, 1.82) is 0 Å². The molecule has 48 heavy (non-hydrogen) atoms. The van der Waals surface area contributed by atoms with Gasteiger partial charge in [0.15, 0.2) is 0 Å². The van der Waals surface area contributed by atoms with Crippen LogP contribution in [0.2, 0.25) is 0 Å². The van der Waals surface area contributed by atoms with E-state index >= 15 is 0 Å². The molecule has 262 valence electrons. The van der Waals surface area contributed by atoms with Crippen molar-refractivity contribution < 1.29 is 59.3 Å². The van der Waals surface area contributed by atoms with E-state index in [4.69, 9.17) is 14.2 Å². The number of hydrogen-bond acceptors (Lipinski definition) is 6. The fraction of sp³-hybridized carbons (Fsp3) is 0.429. The van der Waals surface area contributed by atoms with Crippen LogP contribution in [-0.4, -0.2) is 55.9 Å². The minimum absolute atomic E-state index is 0.0807. The fourth-order valence-electron chi connectivity index (χ4n) is 4.39. The van der Waals surface area contributed by atoms with Crippen molar-refractivity contribution in [2.45, 2.75) is 76.5 Å². The van der Waals surface area contributed by atoms with Crippen molar-refractivity contribution in [2.75, 3.05) is 19.8 Å². The second kappa shape index (κ2) is 17.3. The monoisotopic (exact) mass is 686 g/mol. The molecule has 0 saturated heterocycles. The molecule has 0 spiro atoms. The Morgan fingerprint density at radius 2 is 1.21 bits per heavy atom. The molecule has 3 aromatic carbocycles. The largest absolute Gasteiger partial charge is 0.494 e. The zero-order valence-corrected chi connectivity index (χ0v) is 26.5. The first-order chi connectivity index (χ1) is 22.6. The maximum absolute atomic E-state index is 13.2. The quantitative estimate of drug-likeness (QED) is 0.0575. The maximum Gasteiger partial charge on any atom is 0.459 e. The van der Waals surface area contributed by atoms with Gasteiger partial charge in [-0.25, -0.2) is 9.59 Å².